The van der Waals surface area contributed by atoms with Crippen LogP contribution in [0.3, 0.4) is 0 Å². The predicted octanol–water partition coefficient (Wildman–Crippen LogP) is 1.48. The first kappa shape index (κ1) is 15.3. The Bertz CT molecular complexity index is 587. The van der Waals surface area contributed by atoms with Gasteiger partial charge in [-0.2, -0.15) is 0 Å². The van der Waals surface area contributed by atoms with Gasteiger partial charge in [0.1, 0.15) is 23.9 Å². The van der Waals surface area contributed by atoms with Crippen molar-refractivity contribution >= 4 is 12.6 Å². The fourth-order valence-electron chi connectivity index (χ4n) is 1.87. The maximum Gasteiger partial charge on any atom is 0.488 e. The van der Waals surface area contributed by atoms with Crippen LogP contribution in [0.4, 0.5) is 4.39 Å². The van der Waals surface area contributed by atoms with Crippen molar-refractivity contribution in [3.8, 4) is 11.5 Å². The van der Waals surface area contributed by atoms with E-state index in [1.54, 1.807) is 24.3 Å². The van der Waals surface area contributed by atoms with Crippen LogP contribution >= 0.6 is 0 Å². The standard InChI is InChI=1S/C15H16BFO4/c1-2-20-14-3-5-15(6-4-14)21-10-11-7-12(16(18)19)9-13(17)8-11/h3-9,18-19H,2,10H2,1H3. The summed E-state index contributed by atoms with van der Waals surface area (Å²) in [4.78, 5) is 0. The van der Waals surface area contributed by atoms with E-state index in [9.17, 15) is 4.39 Å². The molecule has 0 bridgehead atoms. The fraction of sp³-hybridized carbons (Fsp3) is 0.200. The van der Waals surface area contributed by atoms with E-state index in [-0.39, 0.29) is 12.1 Å². The Kier molecular flexibility index (Phi) is 5.19. The maximum absolute atomic E-state index is 13.4. The van der Waals surface area contributed by atoms with Crippen LogP contribution in [0, 0.1) is 5.82 Å². The smallest absolute Gasteiger partial charge is 0.488 e. The van der Waals surface area contributed by atoms with E-state index >= 15 is 0 Å². The lowest BCUT2D eigenvalue weighted by atomic mass is 9.79. The van der Waals surface area contributed by atoms with Crippen LogP contribution in [0.25, 0.3) is 0 Å². The van der Waals surface area contributed by atoms with Gasteiger partial charge in [0.25, 0.3) is 0 Å². The van der Waals surface area contributed by atoms with E-state index < -0.39 is 12.9 Å². The molecule has 4 nitrogen and oxygen atoms in total. The molecule has 21 heavy (non-hydrogen) atoms. The van der Waals surface area contributed by atoms with Crippen molar-refractivity contribution in [1.82, 2.24) is 0 Å². The van der Waals surface area contributed by atoms with Gasteiger partial charge in [0, 0.05) is 0 Å². The number of hydrogen-bond donors (Lipinski definition) is 2. The Labute approximate surface area is 122 Å². The van der Waals surface area contributed by atoms with Crippen molar-refractivity contribution in [1.29, 1.82) is 0 Å². The zero-order valence-corrected chi connectivity index (χ0v) is 11.6. The minimum Gasteiger partial charge on any atom is -0.494 e. The van der Waals surface area contributed by atoms with Gasteiger partial charge in [-0.05, 0) is 54.3 Å². The Morgan fingerprint density at radius 1 is 1.00 bits per heavy atom. The highest BCUT2D eigenvalue weighted by atomic mass is 19.1. The van der Waals surface area contributed by atoms with Crippen molar-refractivity contribution in [2.45, 2.75) is 13.5 Å². The summed E-state index contributed by atoms with van der Waals surface area (Å²) in [6.07, 6.45) is 0. The van der Waals surface area contributed by atoms with Crippen molar-refractivity contribution in [3.05, 3.63) is 53.8 Å². The van der Waals surface area contributed by atoms with Gasteiger partial charge in [0.05, 0.1) is 6.61 Å². The molecular formula is C15H16BFO4. The molecule has 110 valence electrons. The molecule has 0 unspecified atom stereocenters. The summed E-state index contributed by atoms with van der Waals surface area (Å²) >= 11 is 0. The quantitative estimate of drug-likeness (QED) is 0.791. The van der Waals surface area contributed by atoms with Gasteiger partial charge in [0.2, 0.25) is 0 Å². The fourth-order valence-corrected chi connectivity index (χ4v) is 1.87. The van der Waals surface area contributed by atoms with E-state index in [2.05, 4.69) is 0 Å². The number of ether oxygens (including phenoxy) is 2. The molecule has 0 saturated carbocycles. The average Bonchev–Trinajstić information content (AvgIpc) is 2.46. The maximum atomic E-state index is 13.4. The Morgan fingerprint density at radius 3 is 2.19 bits per heavy atom. The second kappa shape index (κ2) is 7.10. The van der Waals surface area contributed by atoms with Crippen LogP contribution in [0.15, 0.2) is 42.5 Å². The molecule has 0 aliphatic carbocycles. The molecule has 0 aromatic heterocycles. The molecule has 0 amide bonds. The van der Waals surface area contributed by atoms with Gasteiger partial charge in [-0.1, -0.05) is 6.07 Å². The molecule has 0 aliphatic rings. The van der Waals surface area contributed by atoms with Crippen molar-refractivity contribution < 1.29 is 23.9 Å². The first-order chi connectivity index (χ1) is 10.1. The van der Waals surface area contributed by atoms with Crippen LogP contribution in [0.5, 0.6) is 11.5 Å². The predicted molar refractivity (Wildman–Crippen MR) is 78.2 cm³/mol. The van der Waals surface area contributed by atoms with E-state index in [4.69, 9.17) is 19.5 Å². The first-order valence-electron chi connectivity index (χ1n) is 6.59. The van der Waals surface area contributed by atoms with Crippen LogP contribution in [0.1, 0.15) is 12.5 Å². The zero-order valence-electron chi connectivity index (χ0n) is 11.6. The lowest BCUT2D eigenvalue weighted by molar-refractivity contribution is 0.303. The average molecular weight is 290 g/mol. The van der Waals surface area contributed by atoms with Crippen LogP contribution in [-0.2, 0) is 6.61 Å². The highest BCUT2D eigenvalue weighted by Crippen LogP contribution is 2.18. The third-order valence-corrected chi connectivity index (χ3v) is 2.82. The summed E-state index contributed by atoms with van der Waals surface area (Å²) in [5.41, 5.74) is 0.618. The van der Waals surface area contributed by atoms with Crippen molar-refractivity contribution in [2.24, 2.45) is 0 Å². The topological polar surface area (TPSA) is 58.9 Å². The summed E-state index contributed by atoms with van der Waals surface area (Å²) in [5, 5.41) is 18.1. The molecule has 0 spiro atoms. The van der Waals surface area contributed by atoms with Gasteiger partial charge in [-0.25, -0.2) is 4.39 Å². The van der Waals surface area contributed by atoms with Crippen molar-refractivity contribution in [2.75, 3.05) is 6.61 Å². The highest BCUT2D eigenvalue weighted by Gasteiger charge is 2.13. The number of benzene rings is 2. The lowest BCUT2D eigenvalue weighted by Gasteiger charge is -2.09. The minimum absolute atomic E-state index is 0.0975. The summed E-state index contributed by atoms with van der Waals surface area (Å²) < 4.78 is 24.2. The third-order valence-electron chi connectivity index (χ3n) is 2.82. The second-order valence-corrected chi connectivity index (χ2v) is 4.46. The largest absolute Gasteiger partial charge is 0.494 e. The Hall–Kier alpha value is -2.05. The van der Waals surface area contributed by atoms with Crippen LogP contribution < -0.4 is 14.9 Å². The molecule has 2 aromatic rings. The summed E-state index contributed by atoms with van der Waals surface area (Å²) in [7, 11) is -1.70. The third kappa shape index (κ3) is 4.48. The summed E-state index contributed by atoms with van der Waals surface area (Å²) in [6, 6.07) is 10.9. The van der Waals surface area contributed by atoms with E-state index in [1.165, 1.54) is 12.1 Å². The van der Waals surface area contributed by atoms with Crippen LogP contribution in [-0.4, -0.2) is 23.8 Å². The summed E-state index contributed by atoms with van der Waals surface area (Å²) in [5.74, 6) is 0.834. The molecule has 0 aliphatic heterocycles. The van der Waals surface area contributed by atoms with Crippen molar-refractivity contribution in [3.63, 3.8) is 0 Å². The lowest BCUT2D eigenvalue weighted by Crippen LogP contribution is -2.30. The van der Waals surface area contributed by atoms with Gasteiger partial charge in [0.15, 0.2) is 0 Å². The van der Waals surface area contributed by atoms with E-state index in [0.29, 0.717) is 17.9 Å². The molecule has 0 saturated heterocycles. The monoisotopic (exact) mass is 290 g/mol. The molecule has 0 fully saturated rings. The van der Waals surface area contributed by atoms with Crippen LogP contribution in [0.2, 0.25) is 0 Å². The molecular weight excluding hydrogens is 274 g/mol. The molecule has 0 radical (unpaired) electrons. The molecule has 0 atom stereocenters. The normalized spacial score (nSPS) is 10.3. The van der Waals surface area contributed by atoms with E-state index in [1.807, 2.05) is 6.92 Å². The molecule has 6 heteroatoms. The number of hydrogen-bond acceptors (Lipinski definition) is 4. The molecule has 0 heterocycles. The number of rotatable bonds is 6. The van der Waals surface area contributed by atoms with Gasteiger partial charge >= 0.3 is 7.12 Å². The molecule has 2 N–H and O–H groups in total. The highest BCUT2D eigenvalue weighted by molar-refractivity contribution is 6.58. The summed E-state index contributed by atoms with van der Waals surface area (Å²) in [6.45, 7) is 2.63. The van der Waals surface area contributed by atoms with E-state index in [0.717, 1.165) is 11.8 Å². The van der Waals surface area contributed by atoms with Gasteiger partial charge in [-0.3, -0.25) is 0 Å². The van der Waals surface area contributed by atoms with Gasteiger partial charge in [-0.15, -0.1) is 0 Å². The SMILES string of the molecule is CCOc1ccc(OCc2cc(F)cc(B(O)O)c2)cc1. The zero-order chi connectivity index (χ0) is 15.2. The number of halogens is 1. The molecule has 2 aromatic carbocycles. The Morgan fingerprint density at radius 2 is 1.62 bits per heavy atom. The second-order valence-electron chi connectivity index (χ2n) is 4.46. The minimum atomic E-state index is -1.70. The Balaban J connectivity index is 2.02. The first-order valence-corrected chi connectivity index (χ1v) is 6.59. The van der Waals surface area contributed by atoms with Gasteiger partial charge < -0.3 is 19.5 Å². The molecule has 2 rings (SSSR count).